The highest BCUT2D eigenvalue weighted by atomic mass is 14.1. The largest absolute Gasteiger partial charge is 0.0689 e. The van der Waals surface area contributed by atoms with Crippen molar-refractivity contribution < 1.29 is 0 Å². The molecular weight excluding hydrogens is 144 g/mol. The first-order valence-electron chi connectivity index (χ1n) is 4.28. The summed E-state index contributed by atoms with van der Waals surface area (Å²) in [6, 6.07) is 8.55. The molecule has 0 heteroatoms. The molecule has 0 aliphatic heterocycles. The lowest BCUT2D eigenvalue weighted by Crippen LogP contribution is -1.87. The fourth-order valence-electron chi connectivity index (χ4n) is 1.53. The van der Waals surface area contributed by atoms with Gasteiger partial charge in [0.05, 0.1) is 0 Å². The maximum atomic E-state index is 2.20. The van der Waals surface area contributed by atoms with Crippen LogP contribution in [0.15, 0.2) is 42.0 Å². The van der Waals surface area contributed by atoms with Gasteiger partial charge in [-0.05, 0) is 24.5 Å². The van der Waals surface area contributed by atoms with E-state index in [-0.39, 0.29) is 0 Å². The van der Waals surface area contributed by atoms with Crippen LogP contribution in [0.5, 0.6) is 0 Å². The van der Waals surface area contributed by atoms with Crippen molar-refractivity contribution in [3.05, 3.63) is 53.1 Å². The smallest absolute Gasteiger partial charge is 0.00608 e. The molecule has 1 aromatic rings. The van der Waals surface area contributed by atoms with Crippen molar-refractivity contribution in [2.75, 3.05) is 0 Å². The van der Waals surface area contributed by atoms with Crippen molar-refractivity contribution in [1.82, 2.24) is 0 Å². The second kappa shape index (κ2) is 2.98. The summed E-state index contributed by atoms with van der Waals surface area (Å²) in [6.45, 7) is 2.17. The third-order valence-corrected chi connectivity index (χ3v) is 2.18. The van der Waals surface area contributed by atoms with Crippen molar-refractivity contribution in [3.63, 3.8) is 0 Å². The molecule has 1 aliphatic carbocycles. The van der Waals surface area contributed by atoms with E-state index in [0.717, 1.165) is 6.42 Å². The molecule has 0 saturated carbocycles. The van der Waals surface area contributed by atoms with Gasteiger partial charge in [0.25, 0.3) is 0 Å². The predicted octanol–water partition coefficient (Wildman–Crippen LogP) is 3.20. The van der Waals surface area contributed by atoms with Crippen molar-refractivity contribution in [3.8, 4) is 0 Å². The standard InChI is InChI=1S/C12H12/c1-10-5-4-8-11-6-2-3-7-12(11)9-10/h2-8H,9H2,1H3. The lowest BCUT2D eigenvalue weighted by atomic mass is 10.0. The molecule has 0 nitrogen and oxygen atoms in total. The van der Waals surface area contributed by atoms with Crippen LogP contribution in [-0.2, 0) is 6.42 Å². The van der Waals surface area contributed by atoms with E-state index in [1.807, 2.05) is 0 Å². The zero-order valence-electron chi connectivity index (χ0n) is 7.25. The molecule has 0 amide bonds. The Morgan fingerprint density at radius 3 is 2.92 bits per heavy atom. The molecule has 2 rings (SSSR count). The minimum Gasteiger partial charge on any atom is -0.0689 e. The Hall–Kier alpha value is -1.30. The Bertz CT molecular complexity index is 343. The second-order valence-electron chi connectivity index (χ2n) is 3.25. The fourth-order valence-corrected chi connectivity index (χ4v) is 1.53. The van der Waals surface area contributed by atoms with Crippen LogP contribution in [-0.4, -0.2) is 0 Å². The van der Waals surface area contributed by atoms with Gasteiger partial charge in [0.1, 0.15) is 0 Å². The molecule has 0 unspecified atom stereocenters. The highest BCUT2D eigenvalue weighted by Crippen LogP contribution is 2.18. The van der Waals surface area contributed by atoms with E-state index in [1.54, 1.807) is 0 Å². The summed E-state index contributed by atoms with van der Waals surface area (Å²) < 4.78 is 0. The van der Waals surface area contributed by atoms with Crippen molar-refractivity contribution in [2.24, 2.45) is 0 Å². The van der Waals surface area contributed by atoms with Crippen LogP contribution in [0.4, 0.5) is 0 Å². The minimum atomic E-state index is 1.09. The van der Waals surface area contributed by atoms with E-state index in [2.05, 4.69) is 49.4 Å². The van der Waals surface area contributed by atoms with Crippen LogP contribution in [0.2, 0.25) is 0 Å². The Kier molecular flexibility index (Phi) is 1.83. The van der Waals surface area contributed by atoms with Crippen LogP contribution < -0.4 is 0 Å². The van der Waals surface area contributed by atoms with Gasteiger partial charge in [-0.25, -0.2) is 0 Å². The molecular formula is C12H12. The first-order chi connectivity index (χ1) is 5.86. The molecule has 0 saturated heterocycles. The summed E-state index contributed by atoms with van der Waals surface area (Å²) in [6.07, 6.45) is 7.57. The average Bonchev–Trinajstić information content (AvgIpc) is 2.25. The van der Waals surface area contributed by atoms with Gasteiger partial charge in [-0.15, -0.1) is 0 Å². The Morgan fingerprint density at radius 2 is 2.00 bits per heavy atom. The Balaban J connectivity index is 2.49. The third kappa shape index (κ3) is 1.33. The zero-order valence-corrected chi connectivity index (χ0v) is 7.25. The highest BCUT2D eigenvalue weighted by Gasteiger charge is 2.01. The Morgan fingerprint density at radius 1 is 1.17 bits per heavy atom. The average molecular weight is 156 g/mol. The molecule has 0 N–H and O–H groups in total. The molecule has 12 heavy (non-hydrogen) atoms. The van der Waals surface area contributed by atoms with Gasteiger partial charge in [-0.3, -0.25) is 0 Å². The van der Waals surface area contributed by atoms with E-state index in [4.69, 9.17) is 0 Å². The molecule has 0 heterocycles. The predicted molar refractivity (Wildman–Crippen MR) is 52.9 cm³/mol. The molecule has 1 aromatic carbocycles. The van der Waals surface area contributed by atoms with E-state index < -0.39 is 0 Å². The van der Waals surface area contributed by atoms with E-state index in [1.165, 1.54) is 16.7 Å². The summed E-state index contributed by atoms with van der Waals surface area (Å²) in [5.74, 6) is 0. The molecule has 0 fully saturated rings. The molecule has 0 spiro atoms. The maximum Gasteiger partial charge on any atom is -0.00608 e. The summed E-state index contributed by atoms with van der Waals surface area (Å²) in [5, 5.41) is 0. The maximum absolute atomic E-state index is 2.20. The molecule has 0 atom stereocenters. The van der Waals surface area contributed by atoms with Gasteiger partial charge in [0.2, 0.25) is 0 Å². The van der Waals surface area contributed by atoms with Gasteiger partial charge in [0, 0.05) is 0 Å². The molecule has 60 valence electrons. The summed E-state index contributed by atoms with van der Waals surface area (Å²) in [4.78, 5) is 0. The van der Waals surface area contributed by atoms with Gasteiger partial charge >= 0.3 is 0 Å². The first-order valence-corrected chi connectivity index (χ1v) is 4.28. The molecule has 0 radical (unpaired) electrons. The molecule has 0 bridgehead atoms. The van der Waals surface area contributed by atoms with Crippen molar-refractivity contribution in [1.29, 1.82) is 0 Å². The topological polar surface area (TPSA) is 0 Å². The molecule has 0 aromatic heterocycles. The second-order valence-corrected chi connectivity index (χ2v) is 3.25. The number of rotatable bonds is 0. The summed E-state index contributed by atoms with van der Waals surface area (Å²) in [5.41, 5.74) is 4.21. The zero-order chi connectivity index (χ0) is 8.39. The van der Waals surface area contributed by atoms with Crippen molar-refractivity contribution in [2.45, 2.75) is 13.3 Å². The van der Waals surface area contributed by atoms with Gasteiger partial charge in [-0.2, -0.15) is 0 Å². The normalized spacial score (nSPS) is 14.9. The quantitative estimate of drug-likeness (QED) is 0.541. The van der Waals surface area contributed by atoms with E-state index >= 15 is 0 Å². The van der Waals surface area contributed by atoms with Crippen LogP contribution in [0.1, 0.15) is 18.1 Å². The number of hydrogen-bond donors (Lipinski definition) is 0. The van der Waals surface area contributed by atoms with E-state index in [9.17, 15) is 0 Å². The summed E-state index contributed by atoms with van der Waals surface area (Å²) >= 11 is 0. The van der Waals surface area contributed by atoms with Crippen LogP contribution >= 0.6 is 0 Å². The Labute approximate surface area is 73.2 Å². The van der Waals surface area contributed by atoms with Crippen LogP contribution in [0, 0.1) is 0 Å². The SMILES string of the molecule is CC1=CC=Cc2ccccc2C1. The number of benzene rings is 1. The van der Waals surface area contributed by atoms with Crippen LogP contribution in [0.3, 0.4) is 0 Å². The fraction of sp³-hybridized carbons (Fsp3) is 0.167. The number of fused-ring (bicyclic) bond motifs is 1. The minimum absolute atomic E-state index is 1.09. The molecule has 1 aliphatic rings. The van der Waals surface area contributed by atoms with Gasteiger partial charge in [0.15, 0.2) is 0 Å². The summed E-state index contributed by atoms with van der Waals surface area (Å²) in [7, 11) is 0. The van der Waals surface area contributed by atoms with Crippen LogP contribution in [0.25, 0.3) is 6.08 Å². The number of allylic oxidation sites excluding steroid dienone is 3. The first kappa shape index (κ1) is 7.35. The number of hydrogen-bond acceptors (Lipinski definition) is 0. The lowest BCUT2D eigenvalue weighted by molar-refractivity contribution is 1.14. The van der Waals surface area contributed by atoms with Crippen molar-refractivity contribution >= 4 is 6.08 Å². The highest BCUT2D eigenvalue weighted by molar-refractivity contribution is 5.58. The third-order valence-electron chi connectivity index (χ3n) is 2.18. The monoisotopic (exact) mass is 156 g/mol. The van der Waals surface area contributed by atoms with E-state index in [0.29, 0.717) is 0 Å². The van der Waals surface area contributed by atoms with Gasteiger partial charge < -0.3 is 0 Å². The van der Waals surface area contributed by atoms with Gasteiger partial charge in [-0.1, -0.05) is 48.1 Å². The lowest BCUT2D eigenvalue weighted by Gasteiger charge is -2.02.